The number of piperidine rings is 1. The lowest BCUT2D eigenvalue weighted by molar-refractivity contribution is -0.122. The second kappa shape index (κ2) is 14.7. The highest BCUT2D eigenvalue weighted by Crippen LogP contribution is 2.36. The molecule has 202 valence electrons. The minimum absolute atomic E-state index is 0.0673. The number of nitrogens with zero attached hydrogens (tertiary/aromatic N) is 4. The highest BCUT2D eigenvalue weighted by molar-refractivity contribution is 8.26. The van der Waals surface area contributed by atoms with Gasteiger partial charge in [0.15, 0.2) is 0 Å². The molecule has 1 aromatic rings. The number of anilines is 1. The number of carbonyl (C=O) groups is 1. The van der Waals surface area contributed by atoms with Crippen LogP contribution in [-0.4, -0.2) is 39.3 Å². The number of nitriles is 1. The van der Waals surface area contributed by atoms with Gasteiger partial charge in [0.2, 0.25) is 0 Å². The van der Waals surface area contributed by atoms with Crippen molar-refractivity contribution in [1.29, 1.82) is 5.26 Å². The van der Waals surface area contributed by atoms with Crippen LogP contribution in [0.5, 0.6) is 0 Å². The summed E-state index contributed by atoms with van der Waals surface area (Å²) >= 11 is 6.90. The average molecular weight is 543 g/mol. The van der Waals surface area contributed by atoms with E-state index < -0.39 is 0 Å². The summed E-state index contributed by atoms with van der Waals surface area (Å²) in [6, 6.07) is 2.08. The third-order valence-electron chi connectivity index (χ3n) is 7.51. The molecule has 6 nitrogen and oxygen atoms in total. The molecule has 3 rings (SSSR count). The van der Waals surface area contributed by atoms with E-state index in [1.165, 1.54) is 69.5 Å². The second-order valence-corrected chi connectivity index (χ2v) is 12.0. The van der Waals surface area contributed by atoms with Crippen molar-refractivity contribution in [2.75, 3.05) is 24.5 Å². The predicted octanol–water partition coefficient (Wildman–Crippen LogP) is 6.68. The lowest BCUT2D eigenvalue weighted by Gasteiger charge is -2.32. The van der Waals surface area contributed by atoms with Gasteiger partial charge in [-0.3, -0.25) is 19.1 Å². The molecule has 2 aliphatic rings. The molecule has 2 saturated heterocycles. The summed E-state index contributed by atoms with van der Waals surface area (Å²) in [5, 5.41) is 9.67. The van der Waals surface area contributed by atoms with Crippen LogP contribution in [0.15, 0.2) is 9.70 Å². The number of thioether (sulfide) groups is 1. The van der Waals surface area contributed by atoms with E-state index in [2.05, 4.69) is 17.9 Å². The van der Waals surface area contributed by atoms with Crippen molar-refractivity contribution in [3.63, 3.8) is 0 Å². The number of carbonyl (C=O) groups excluding carboxylic acids is 1. The molecule has 2 aliphatic heterocycles. The monoisotopic (exact) mass is 542 g/mol. The van der Waals surface area contributed by atoms with Crippen molar-refractivity contribution >= 4 is 46.1 Å². The van der Waals surface area contributed by atoms with Crippen molar-refractivity contribution in [2.24, 2.45) is 7.05 Å². The van der Waals surface area contributed by atoms with Gasteiger partial charge in [-0.25, -0.2) is 0 Å². The van der Waals surface area contributed by atoms with E-state index in [9.17, 15) is 14.9 Å². The highest BCUT2D eigenvalue weighted by Gasteiger charge is 2.33. The van der Waals surface area contributed by atoms with Crippen LogP contribution in [0, 0.1) is 18.3 Å². The van der Waals surface area contributed by atoms with Crippen molar-refractivity contribution in [3.8, 4) is 6.07 Å². The zero-order valence-corrected chi connectivity index (χ0v) is 24.4. The minimum Gasteiger partial charge on any atom is -0.357 e. The number of thiocarbonyl (C=S) groups is 1. The third-order valence-corrected chi connectivity index (χ3v) is 8.89. The van der Waals surface area contributed by atoms with E-state index in [1.807, 2.05) is 13.0 Å². The van der Waals surface area contributed by atoms with Crippen LogP contribution >= 0.6 is 24.0 Å². The summed E-state index contributed by atoms with van der Waals surface area (Å²) in [5.74, 6) is 0.725. The van der Waals surface area contributed by atoms with Crippen LogP contribution < -0.4 is 10.5 Å². The number of pyridine rings is 1. The zero-order chi connectivity index (χ0) is 26.8. The van der Waals surface area contributed by atoms with Gasteiger partial charge in [0.05, 0.1) is 4.91 Å². The Bertz CT molecular complexity index is 1100. The van der Waals surface area contributed by atoms with Crippen molar-refractivity contribution in [1.82, 2.24) is 9.47 Å². The number of hydrogen-bond donors (Lipinski definition) is 0. The topological polar surface area (TPSA) is 69.3 Å². The van der Waals surface area contributed by atoms with Crippen LogP contribution in [0.4, 0.5) is 5.82 Å². The zero-order valence-electron chi connectivity index (χ0n) is 22.8. The summed E-state index contributed by atoms with van der Waals surface area (Å²) in [7, 11) is 1.72. The molecule has 2 fully saturated rings. The summed E-state index contributed by atoms with van der Waals surface area (Å²) < 4.78 is 2.17. The fourth-order valence-corrected chi connectivity index (χ4v) is 6.57. The molecule has 37 heavy (non-hydrogen) atoms. The molecule has 0 N–H and O–H groups in total. The van der Waals surface area contributed by atoms with Crippen LogP contribution in [0.25, 0.3) is 6.08 Å². The van der Waals surface area contributed by atoms with Crippen LogP contribution in [0.3, 0.4) is 0 Å². The molecule has 0 radical (unpaired) electrons. The molecule has 0 unspecified atom stereocenters. The maximum atomic E-state index is 13.3. The lowest BCUT2D eigenvalue weighted by atomic mass is 10.0. The first kappa shape index (κ1) is 29.4. The fourth-order valence-electron chi connectivity index (χ4n) is 5.28. The Morgan fingerprint density at radius 1 is 0.973 bits per heavy atom. The predicted molar refractivity (Wildman–Crippen MR) is 159 cm³/mol. The van der Waals surface area contributed by atoms with Gasteiger partial charge in [-0.15, -0.1) is 0 Å². The first-order valence-corrected chi connectivity index (χ1v) is 15.3. The van der Waals surface area contributed by atoms with Crippen molar-refractivity contribution < 1.29 is 4.79 Å². The van der Waals surface area contributed by atoms with Gasteiger partial charge in [-0.1, -0.05) is 88.7 Å². The first-order valence-electron chi connectivity index (χ1n) is 14.0. The number of unbranched alkanes of at least 4 members (excludes halogenated alkanes) is 9. The van der Waals surface area contributed by atoms with Crippen LogP contribution in [0.1, 0.15) is 107 Å². The quantitative estimate of drug-likeness (QED) is 0.157. The molecule has 3 heterocycles. The lowest BCUT2D eigenvalue weighted by Crippen LogP contribution is -2.36. The normalized spacial score (nSPS) is 17.2. The van der Waals surface area contributed by atoms with E-state index in [1.54, 1.807) is 16.5 Å². The number of aromatic nitrogens is 1. The molecule has 8 heteroatoms. The minimum atomic E-state index is -0.286. The number of rotatable bonds is 13. The van der Waals surface area contributed by atoms with E-state index in [0.29, 0.717) is 21.3 Å². The summed E-state index contributed by atoms with van der Waals surface area (Å²) in [4.78, 5) is 30.7. The largest absolute Gasteiger partial charge is 0.357 e. The molecule has 0 aliphatic carbocycles. The maximum Gasteiger partial charge on any atom is 0.270 e. The Labute approximate surface area is 232 Å². The highest BCUT2D eigenvalue weighted by atomic mass is 32.2. The molecule has 0 saturated carbocycles. The maximum absolute atomic E-state index is 13.3. The summed E-state index contributed by atoms with van der Waals surface area (Å²) in [6.07, 6.45) is 17.6. The van der Waals surface area contributed by atoms with Crippen molar-refractivity contribution in [2.45, 2.75) is 97.3 Å². The Balaban J connectivity index is 1.68. The van der Waals surface area contributed by atoms with Crippen LogP contribution in [0.2, 0.25) is 0 Å². The standard InChI is InChI=1S/C29H42N4O2S2/c1-4-5-6-7-8-9-10-11-12-16-19-33-28(35)25(37-29(33)36)20-23-22(2)24(21-30)27(34)31(3)26(23)32-17-14-13-15-18-32/h20H,4-19H2,1-3H3/b25-20+. The Kier molecular flexibility index (Phi) is 11.7. The molecule has 0 spiro atoms. The summed E-state index contributed by atoms with van der Waals surface area (Å²) in [5.41, 5.74) is 1.26. The molecule has 0 aromatic carbocycles. The van der Waals surface area contributed by atoms with Gasteiger partial charge in [0.25, 0.3) is 11.5 Å². The smallest absolute Gasteiger partial charge is 0.270 e. The molecule has 1 amide bonds. The van der Waals surface area contributed by atoms with Gasteiger partial charge in [0.1, 0.15) is 21.8 Å². The van der Waals surface area contributed by atoms with E-state index in [4.69, 9.17) is 12.2 Å². The van der Waals surface area contributed by atoms with E-state index in [-0.39, 0.29) is 17.0 Å². The van der Waals surface area contributed by atoms with Crippen LogP contribution in [-0.2, 0) is 11.8 Å². The van der Waals surface area contributed by atoms with E-state index in [0.717, 1.165) is 50.2 Å². The van der Waals surface area contributed by atoms with Crippen molar-refractivity contribution in [3.05, 3.63) is 31.9 Å². The molecule has 0 bridgehead atoms. The summed E-state index contributed by atoms with van der Waals surface area (Å²) in [6.45, 7) is 6.42. The van der Waals surface area contributed by atoms with Gasteiger partial charge < -0.3 is 4.90 Å². The number of hydrogen-bond acceptors (Lipinski definition) is 6. The Morgan fingerprint density at radius 2 is 1.57 bits per heavy atom. The first-order chi connectivity index (χ1) is 17.9. The van der Waals surface area contributed by atoms with E-state index >= 15 is 0 Å². The Hall–Kier alpha value is -2.11. The molecule has 0 atom stereocenters. The fraction of sp³-hybridized carbons (Fsp3) is 0.655. The third kappa shape index (κ3) is 7.48. The van der Waals surface area contributed by atoms with Gasteiger partial charge in [0, 0.05) is 32.2 Å². The SMILES string of the molecule is CCCCCCCCCCCCN1C(=O)/C(=C\c2c(C)c(C#N)c(=O)n(C)c2N2CCCCC2)SC1=S. The second-order valence-electron chi connectivity index (χ2n) is 10.3. The van der Waals surface area contributed by atoms with Gasteiger partial charge >= 0.3 is 0 Å². The molecular weight excluding hydrogens is 500 g/mol. The van der Waals surface area contributed by atoms with Gasteiger partial charge in [-0.05, 0) is 44.2 Å². The Morgan fingerprint density at radius 3 is 2.16 bits per heavy atom. The molecule has 1 aromatic heterocycles. The van der Waals surface area contributed by atoms with Gasteiger partial charge in [-0.2, -0.15) is 5.26 Å². The molecular formula is C29H42N4O2S2. The average Bonchev–Trinajstić information content (AvgIpc) is 3.16. The number of amides is 1.